The van der Waals surface area contributed by atoms with Crippen LogP contribution in [-0.2, 0) is 0 Å². The number of nitrogens with one attached hydrogen (secondary N) is 1. The molecule has 1 unspecified atom stereocenters. The summed E-state index contributed by atoms with van der Waals surface area (Å²) in [6.07, 6.45) is 3.35. The van der Waals surface area contributed by atoms with Crippen LogP contribution in [0.5, 0.6) is 5.75 Å². The minimum absolute atomic E-state index is 0.0567. The van der Waals surface area contributed by atoms with E-state index in [9.17, 15) is 4.39 Å². The monoisotopic (exact) mass is 284 g/mol. The highest BCUT2D eigenvalue weighted by Crippen LogP contribution is 2.34. The van der Waals surface area contributed by atoms with E-state index >= 15 is 0 Å². The molecule has 0 saturated carbocycles. The Hall–Kier alpha value is -0.780. The predicted octanol–water partition coefficient (Wildman–Crippen LogP) is 2.87. The van der Waals surface area contributed by atoms with Crippen molar-refractivity contribution >= 4 is 11.8 Å². The summed E-state index contributed by atoms with van der Waals surface area (Å²) in [5, 5.41) is 0. The maximum absolute atomic E-state index is 13.4. The lowest BCUT2D eigenvalue weighted by atomic mass is 9.90. The largest absolute Gasteiger partial charge is 0.496 e. The van der Waals surface area contributed by atoms with Crippen molar-refractivity contribution in [1.82, 2.24) is 5.43 Å². The molecule has 1 atom stereocenters. The second kappa shape index (κ2) is 7.12. The highest BCUT2D eigenvalue weighted by Gasteiger charge is 2.22. The highest BCUT2D eigenvalue weighted by molar-refractivity contribution is 7.99. The lowest BCUT2D eigenvalue weighted by molar-refractivity contribution is 0.354. The molecule has 106 valence electrons. The van der Waals surface area contributed by atoms with E-state index in [2.05, 4.69) is 5.43 Å². The minimum atomic E-state index is -0.254. The Morgan fingerprint density at radius 3 is 2.84 bits per heavy atom. The second-order valence-corrected chi connectivity index (χ2v) is 6.12. The molecular weight excluding hydrogens is 263 g/mol. The fourth-order valence-corrected chi connectivity index (χ4v) is 3.78. The average Bonchev–Trinajstić information content (AvgIpc) is 2.46. The van der Waals surface area contributed by atoms with E-state index in [1.165, 1.54) is 36.5 Å². The van der Waals surface area contributed by atoms with E-state index in [1.807, 2.05) is 11.8 Å². The summed E-state index contributed by atoms with van der Waals surface area (Å²) < 4.78 is 18.7. The normalized spacial score (nSPS) is 18.3. The Bertz CT molecular complexity index is 410. The molecule has 0 aromatic heterocycles. The Balaban J connectivity index is 2.13. The van der Waals surface area contributed by atoms with E-state index in [1.54, 1.807) is 13.2 Å². The van der Waals surface area contributed by atoms with Crippen LogP contribution >= 0.6 is 11.8 Å². The minimum Gasteiger partial charge on any atom is -0.496 e. The Kier molecular flexibility index (Phi) is 5.48. The number of halogens is 1. The summed E-state index contributed by atoms with van der Waals surface area (Å²) in [7, 11) is 1.60. The summed E-state index contributed by atoms with van der Waals surface area (Å²) in [6, 6.07) is 4.53. The summed E-state index contributed by atoms with van der Waals surface area (Å²) in [4.78, 5) is 0. The van der Waals surface area contributed by atoms with Crippen molar-refractivity contribution < 1.29 is 9.13 Å². The molecule has 19 heavy (non-hydrogen) atoms. The van der Waals surface area contributed by atoms with Crippen LogP contribution in [0.3, 0.4) is 0 Å². The van der Waals surface area contributed by atoms with Crippen LogP contribution < -0.4 is 16.0 Å². The number of hydrazine groups is 1. The van der Waals surface area contributed by atoms with Crippen LogP contribution in [0.25, 0.3) is 0 Å². The number of methoxy groups -OCH3 is 1. The fourth-order valence-electron chi connectivity index (χ4n) is 2.58. The summed E-state index contributed by atoms with van der Waals surface area (Å²) in [5.74, 6) is 9.17. The molecule has 1 aliphatic rings. The third-order valence-electron chi connectivity index (χ3n) is 3.68. The molecule has 1 aliphatic heterocycles. The lowest BCUT2D eigenvalue weighted by Crippen LogP contribution is -2.31. The van der Waals surface area contributed by atoms with Gasteiger partial charge < -0.3 is 4.74 Å². The van der Waals surface area contributed by atoms with Gasteiger partial charge >= 0.3 is 0 Å². The van der Waals surface area contributed by atoms with Crippen molar-refractivity contribution in [3.05, 3.63) is 29.6 Å². The van der Waals surface area contributed by atoms with Crippen molar-refractivity contribution in [2.24, 2.45) is 11.8 Å². The van der Waals surface area contributed by atoms with Crippen molar-refractivity contribution in [1.29, 1.82) is 0 Å². The SMILES string of the molecule is COc1ccc(F)cc1C(CC1CCSCC1)NN. The van der Waals surface area contributed by atoms with Gasteiger partial charge in [-0.3, -0.25) is 11.3 Å². The van der Waals surface area contributed by atoms with Crippen molar-refractivity contribution in [3.8, 4) is 5.75 Å². The van der Waals surface area contributed by atoms with Gasteiger partial charge in [-0.25, -0.2) is 4.39 Å². The smallest absolute Gasteiger partial charge is 0.123 e. The zero-order valence-corrected chi connectivity index (χ0v) is 12.0. The zero-order valence-electron chi connectivity index (χ0n) is 11.2. The second-order valence-electron chi connectivity index (χ2n) is 4.90. The molecular formula is C14H21FN2OS. The van der Waals surface area contributed by atoms with Gasteiger partial charge in [-0.1, -0.05) is 0 Å². The van der Waals surface area contributed by atoms with Gasteiger partial charge in [-0.2, -0.15) is 11.8 Å². The first-order chi connectivity index (χ1) is 9.24. The Labute approximate surface area is 118 Å². The molecule has 5 heteroatoms. The van der Waals surface area contributed by atoms with Crippen LogP contribution in [0.15, 0.2) is 18.2 Å². The van der Waals surface area contributed by atoms with Crippen LogP contribution in [0.2, 0.25) is 0 Å². The highest BCUT2D eigenvalue weighted by atomic mass is 32.2. The Morgan fingerprint density at radius 1 is 1.47 bits per heavy atom. The molecule has 0 aliphatic carbocycles. The molecule has 2 rings (SSSR count). The lowest BCUT2D eigenvalue weighted by Gasteiger charge is -2.27. The molecule has 3 nitrogen and oxygen atoms in total. The quantitative estimate of drug-likeness (QED) is 0.645. The van der Waals surface area contributed by atoms with Crippen molar-refractivity contribution in [3.63, 3.8) is 0 Å². The first kappa shape index (κ1) is 14.6. The third-order valence-corrected chi connectivity index (χ3v) is 4.73. The predicted molar refractivity (Wildman–Crippen MR) is 77.7 cm³/mol. The summed E-state index contributed by atoms with van der Waals surface area (Å²) in [5.41, 5.74) is 3.62. The Morgan fingerprint density at radius 2 is 2.21 bits per heavy atom. The van der Waals surface area contributed by atoms with E-state index in [4.69, 9.17) is 10.6 Å². The van der Waals surface area contributed by atoms with Gasteiger partial charge in [-0.05, 0) is 54.9 Å². The molecule has 1 fully saturated rings. The summed E-state index contributed by atoms with van der Waals surface area (Å²) in [6.45, 7) is 0. The van der Waals surface area contributed by atoms with Crippen LogP contribution in [0, 0.1) is 11.7 Å². The average molecular weight is 284 g/mol. The topological polar surface area (TPSA) is 47.3 Å². The molecule has 1 heterocycles. The van der Waals surface area contributed by atoms with Gasteiger partial charge in [0, 0.05) is 11.6 Å². The fraction of sp³-hybridized carbons (Fsp3) is 0.571. The molecule has 1 saturated heterocycles. The zero-order chi connectivity index (χ0) is 13.7. The first-order valence-corrected chi connectivity index (χ1v) is 7.77. The number of hydrogen-bond donors (Lipinski definition) is 2. The number of benzene rings is 1. The van der Waals surface area contributed by atoms with Gasteiger partial charge in [0.2, 0.25) is 0 Å². The van der Waals surface area contributed by atoms with Gasteiger partial charge in [0.1, 0.15) is 11.6 Å². The molecule has 0 bridgehead atoms. The molecule has 3 N–H and O–H groups in total. The van der Waals surface area contributed by atoms with E-state index < -0.39 is 0 Å². The van der Waals surface area contributed by atoms with Gasteiger partial charge in [0.05, 0.1) is 7.11 Å². The van der Waals surface area contributed by atoms with Crippen molar-refractivity contribution in [2.45, 2.75) is 25.3 Å². The van der Waals surface area contributed by atoms with Gasteiger partial charge in [0.25, 0.3) is 0 Å². The number of nitrogens with two attached hydrogens (primary N) is 1. The molecule has 0 radical (unpaired) electrons. The molecule has 0 spiro atoms. The van der Waals surface area contributed by atoms with Gasteiger partial charge in [-0.15, -0.1) is 0 Å². The maximum atomic E-state index is 13.4. The number of hydrogen-bond acceptors (Lipinski definition) is 4. The van der Waals surface area contributed by atoms with E-state index in [0.717, 1.165) is 12.0 Å². The van der Waals surface area contributed by atoms with Crippen molar-refractivity contribution in [2.75, 3.05) is 18.6 Å². The molecule has 1 aromatic carbocycles. The van der Waals surface area contributed by atoms with E-state index in [-0.39, 0.29) is 11.9 Å². The number of thioether (sulfide) groups is 1. The standard InChI is InChI=1S/C14H21FN2OS/c1-18-14-3-2-11(15)9-12(14)13(17-16)8-10-4-6-19-7-5-10/h2-3,9-10,13,17H,4-8,16H2,1H3. The molecule has 1 aromatic rings. The third kappa shape index (κ3) is 3.84. The van der Waals surface area contributed by atoms with E-state index in [0.29, 0.717) is 11.7 Å². The number of ether oxygens (including phenoxy) is 1. The first-order valence-electron chi connectivity index (χ1n) is 6.62. The molecule has 0 amide bonds. The summed E-state index contributed by atoms with van der Waals surface area (Å²) >= 11 is 2.00. The van der Waals surface area contributed by atoms with Crippen LogP contribution in [0.1, 0.15) is 30.9 Å². The van der Waals surface area contributed by atoms with Crippen LogP contribution in [0.4, 0.5) is 4.39 Å². The number of rotatable bonds is 5. The maximum Gasteiger partial charge on any atom is 0.123 e. The van der Waals surface area contributed by atoms with Crippen LogP contribution in [-0.4, -0.2) is 18.6 Å². The van der Waals surface area contributed by atoms with Gasteiger partial charge in [0.15, 0.2) is 0 Å².